The number of hydrogen-bond donors (Lipinski definition) is 0. The molecule has 13 heavy (non-hydrogen) atoms. The highest BCUT2D eigenvalue weighted by atomic mass is 19.1. The van der Waals surface area contributed by atoms with Gasteiger partial charge in [-0.2, -0.15) is 0 Å². The summed E-state index contributed by atoms with van der Waals surface area (Å²) in [5.74, 6) is 0. The van der Waals surface area contributed by atoms with Crippen molar-refractivity contribution in [1.82, 2.24) is 4.90 Å². The Hall–Kier alpha value is -0.570. The molecule has 0 saturated carbocycles. The Morgan fingerprint density at radius 1 is 1.46 bits per heavy atom. The molecule has 1 aliphatic heterocycles. The van der Waals surface area contributed by atoms with E-state index in [1.165, 1.54) is 0 Å². The van der Waals surface area contributed by atoms with Gasteiger partial charge in [-0.1, -0.05) is 0 Å². The third-order valence-electron chi connectivity index (χ3n) is 2.97. The second-order valence-corrected chi connectivity index (χ2v) is 3.89. The first-order chi connectivity index (χ1) is 6.11. The van der Waals surface area contributed by atoms with Crippen molar-refractivity contribution in [2.75, 3.05) is 20.2 Å². The summed E-state index contributed by atoms with van der Waals surface area (Å²) in [6.07, 6.45) is 2.61. The standard InChI is InChI=1S/C10H18FNO/c1-9(8-11)12-6-4-10(2,13-3)5-7-12/h8H,4-7H2,1-3H3/b9-8-. The highest BCUT2D eigenvalue weighted by molar-refractivity contribution is 4.97. The van der Waals surface area contributed by atoms with E-state index in [1.807, 2.05) is 0 Å². The van der Waals surface area contributed by atoms with Crippen LogP contribution in [0.4, 0.5) is 4.39 Å². The normalized spacial score (nSPS) is 23.4. The second kappa shape index (κ2) is 4.09. The van der Waals surface area contributed by atoms with E-state index in [9.17, 15) is 4.39 Å². The maximum Gasteiger partial charge on any atom is 0.105 e. The Kier molecular flexibility index (Phi) is 3.31. The lowest BCUT2D eigenvalue weighted by molar-refractivity contribution is -0.0370. The molecule has 0 atom stereocenters. The number of likely N-dealkylation sites (tertiary alicyclic amines) is 1. The fourth-order valence-electron chi connectivity index (χ4n) is 1.61. The second-order valence-electron chi connectivity index (χ2n) is 3.89. The van der Waals surface area contributed by atoms with Crippen molar-refractivity contribution in [3.05, 3.63) is 12.0 Å². The molecule has 0 amide bonds. The molecule has 1 saturated heterocycles. The van der Waals surface area contributed by atoms with E-state index in [1.54, 1.807) is 14.0 Å². The van der Waals surface area contributed by atoms with Crippen LogP contribution >= 0.6 is 0 Å². The molecule has 1 aliphatic rings. The van der Waals surface area contributed by atoms with Gasteiger partial charge >= 0.3 is 0 Å². The molecule has 76 valence electrons. The molecule has 1 heterocycles. The van der Waals surface area contributed by atoms with Crippen molar-refractivity contribution in [2.24, 2.45) is 0 Å². The van der Waals surface area contributed by atoms with Crippen LogP contribution in [0.15, 0.2) is 12.0 Å². The molecule has 0 aromatic rings. The Labute approximate surface area is 79.4 Å². The third-order valence-corrected chi connectivity index (χ3v) is 2.97. The molecular formula is C10H18FNO. The van der Waals surface area contributed by atoms with E-state index < -0.39 is 0 Å². The molecular weight excluding hydrogens is 169 g/mol. The highest BCUT2D eigenvalue weighted by Crippen LogP contribution is 2.26. The van der Waals surface area contributed by atoms with Crippen LogP contribution in [0.5, 0.6) is 0 Å². The molecule has 1 fully saturated rings. The Bertz CT molecular complexity index is 195. The van der Waals surface area contributed by atoms with Crippen LogP contribution in [-0.4, -0.2) is 30.7 Å². The van der Waals surface area contributed by atoms with Crippen molar-refractivity contribution < 1.29 is 9.13 Å². The molecule has 0 unspecified atom stereocenters. The van der Waals surface area contributed by atoms with Crippen molar-refractivity contribution in [2.45, 2.75) is 32.3 Å². The van der Waals surface area contributed by atoms with E-state index in [2.05, 4.69) is 11.8 Å². The zero-order valence-electron chi connectivity index (χ0n) is 8.64. The molecule has 0 aromatic heterocycles. The van der Waals surface area contributed by atoms with Gasteiger partial charge in [-0.25, -0.2) is 4.39 Å². The fourth-order valence-corrected chi connectivity index (χ4v) is 1.61. The summed E-state index contributed by atoms with van der Waals surface area (Å²) in [6, 6.07) is 0. The molecule has 0 N–H and O–H groups in total. The van der Waals surface area contributed by atoms with Crippen LogP contribution in [0.1, 0.15) is 26.7 Å². The lowest BCUT2D eigenvalue weighted by Crippen LogP contribution is -2.42. The van der Waals surface area contributed by atoms with Crippen LogP contribution in [0.25, 0.3) is 0 Å². The summed E-state index contributed by atoms with van der Waals surface area (Å²) in [5, 5.41) is 0. The molecule has 0 radical (unpaired) electrons. The third kappa shape index (κ3) is 2.44. The molecule has 1 rings (SSSR count). The van der Waals surface area contributed by atoms with Gasteiger partial charge in [-0.3, -0.25) is 0 Å². The average molecular weight is 187 g/mol. The first-order valence-corrected chi connectivity index (χ1v) is 4.68. The number of piperidine rings is 1. The minimum Gasteiger partial charge on any atom is -0.378 e. The summed E-state index contributed by atoms with van der Waals surface area (Å²) in [6.45, 7) is 5.68. The number of nitrogens with zero attached hydrogens (tertiary/aromatic N) is 1. The average Bonchev–Trinajstić information content (AvgIpc) is 2.18. The molecule has 2 nitrogen and oxygen atoms in total. The first-order valence-electron chi connectivity index (χ1n) is 4.68. The smallest absolute Gasteiger partial charge is 0.105 e. The number of allylic oxidation sites excluding steroid dienone is 1. The highest BCUT2D eigenvalue weighted by Gasteiger charge is 2.29. The molecule has 0 aromatic carbocycles. The van der Waals surface area contributed by atoms with E-state index >= 15 is 0 Å². The monoisotopic (exact) mass is 187 g/mol. The van der Waals surface area contributed by atoms with Gasteiger partial charge in [0.15, 0.2) is 0 Å². The summed E-state index contributed by atoms with van der Waals surface area (Å²) < 4.78 is 17.6. The molecule has 0 bridgehead atoms. The maximum absolute atomic E-state index is 12.2. The van der Waals surface area contributed by atoms with Crippen LogP contribution in [-0.2, 0) is 4.74 Å². The SMILES string of the molecule is COC1(C)CCN(/C(C)=C\F)CC1. The van der Waals surface area contributed by atoms with E-state index in [0.29, 0.717) is 6.33 Å². The minimum absolute atomic E-state index is 0.00685. The Balaban J connectivity index is 2.48. The quantitative estimate of drug-likeness (QED) is 0.657. The molecule has 0 spiro atoms. The zero-order valence-corrected chi connectivity index (χ0v) is 8.64. The van der Waals surface area contributed by atoms with Crippen LogP contribution in [0.3, 0.4) is 0 Å². The minimum atomic E-state index is -0.00685. The largest absolute Gasteiger partial charge is 0.378 e. The van der Waals surface area contributed by atoms with Gasteiger partial charge in [0.2, 0.25) is 0 Å². The Morgan fingerprint density at radius 3 is 2.38 bits per heavy atom. The number of hydrogen-bond acceptors (Lipinski definition) is 2. The van der Waals surface area contributed by atoms with Crippen molar-refractivity contribution in [3.63, 3.8) is 0 Å². The van der Waals surface area contributed by atoms with Gasteiger partial charge in [0.25, 0.3) is 0 Å². The summed E-state index contributed by atoms with van der Waals surface area (Å²) >= 11 is 0. The molecule has 0 aliphatic carbocycles. The summed E-state index contributed by atoms with van der Waals surface area (Å²) in [4.78, 5) is 2.06. The predicted molar refractivity (Wildman–Crippen MR) is 51.1 cm³/mol. The molecule has 3 heteroatoms. The Morgan fingerprint density at radius 2 is 2.00 bits per heavy atom. The van der Waals surface area contributed by atoms with Crippen molar-refractivity contribution >= 4 is 0 Å². The van der Waals surface area contributed by atoms with Gasteiger partial charge in [0.05, 0.1) is 5.60 Å². The van der Waals surface area contributed by atoms with Crippen LogP contribution in [0, 0.1) is 0 Å². The van der Waals surface area contributed by atoms with E-state index in [-0.39, 0.29) is 5.60 Å². The first kappa shape index (κ1) is 10.5. The van der Waals surface area contributed by atoms with Gasteiger partial charge < -0.3 is 9.64 Å². The number of halogens is 1. The topological polar surface area (TPSA) is 12.5 Å². The number of methoxy groups -OCH3 is 1. The van der Waals surface area contributed by atoms with Gasteiger partial charge in [-0.05, 0) is 26.7 Å². The van der Waals surface area contributed by atoms with Crippen molar-refractivity contribution in [3.8, 4) is 0 Å². The maximum atomic E-state index is 12.2. The fraction of sp³-hybridized carbons (Fsp3) is 0.800. The number of rotatable bonds is 2. The summed E-state index contributed by atoms with van der Waals surface area (Å²) in [7, 11) is 1.74. The van der Waals surface area contributed by atoms with Crippen molar-refractivity contribution in [1.29, 1.82) is 0 Å². The zero-order chi connectivity index (χ0) is 9.90. The van der Waals surface area contributed by atoms with Gasteiger partial charge in [0.1, 0.15) is 6.33 Å². The van der Waals surface area contributed by atoms with Gasteiger partial charge in [0, 0.05) is 25.9 Å². The van der Waals surface area contributed by atoms with E-state index in [4.69, 9.17) is 4.74 Å². The van der Waals surface area contributed by atoms with Crippen LogP contribution < -0.4 is 0 Å². The number of ether oxygens (including phenoxy) is 1. The van der Waals surface area contributed by atoms with Gasteiger partial charge in [-0.15, -0.1) is 0 Å². The lowest BCUT2D eigenvalue weighted by Gasteiger charge is -2.39. The lowest BCUT2D eigenvalue weighted by atomic mass is 9.93. The summed E-state index contributed by atoms with van der Waals surface area (Å²) in [5.41, 5.74) is 0.714. The van der Waals surface area contributed by atoms with Crippen LogP contribution in [0.2, 0.25) is 0 Å². The van der Waals surface area contributed by atoms with E-state index in [0.717, 1.165) is 31.6 Å². The predicted octanol–water partition coefficient (Wildman–Crippen LogP) is 2.32.